The highest BCUT2D eigenvalue weighted by molar-refractivity contribution is 5.85. The van der Waals surface area contributed by atoms with Crippen molar-refractivity contribution in [2.45, 2.75) is 18.9 Å². The van der Waals surface area contributed by atoms with E-state index >= 15 is 0 Å². The lowest BCUT2D eigenvalue weighted by atomic mass is 10.2. The van der Waals surface area contributed by atoms with Crippen LogP contribution in [0.25, 0.3) is 0 Å². The fourth-order valence-electron chi connectivity index (χ4n) is 2.19. The van der Waals surface area contributed by atoms with Gasteiger partial charge in [0.25, 0.3) is 5.91 Å². The summed E-state index contributed by atoms with van der Waals surface area (Å²) in [7, 11) is 0. The number of nitrogens with two attached hydrogens (primary N) is 1. The van der Waals surface area contributed by atoms with Gasteiger partial charge in [0.1, 0.15) is 0 Å². The number of amides is 1. The van der Waals surface area contributed by atoms with Crippen molar-refractivity contribution in [2.75, 3.05) is 19.7 Å². The highest BCUT2D eigenvalue weighted by atomic mass is 35.5. The molecule has 0 aromatic heterocycles. The van der Waals surface area contributed by atoms with E-state index in [9.17, 15) is 9.18 Å². The quantitative estimate of drug-likeness (QED) is 0.915. The first-order valence-electron chi connectivity index (χ1n) is 6.09. The Kier molecular flexibility index (Phi) is 6.05. The van der Waals surface area contributed by atoms with Crippen molar-refractivity contribution in [1.82, 2.24) is 4.90 Å². The van der Waals surface area contributed by atoms with Gasteiger partial charge in [0, 0.05) is 19.1 Å². The number of benzene rings is 1. The number of carbonyl (C=O) groups is 1. The molecule has 0 radical (unpaired) electrons. The fraction of sp³-hybridized carbons (Fsp3) is 0.462. The van der Waals surface area contributed by atoms with E-state index in [0.717, 1.165) is 12.8 Å². The summed E-state index contributed by atoms with van der Waals surface area (Å²) in [5.74, 6) is -0.484. The maximum Gasteiger partial charge on any atom is 0.260 e. The van der Waals surface area contributed by atoms with Gasteiger partial charge in [-0.3, -0.25) is 4.79 Å². The molecule has 0 aliphatic carbocycles. The minimum Gasteiger partial charge on any atom is -0.481 e. The Hall–Kier alpha value is -1.33. The van der Waals surface area contributed by atoms with E-state index in [0.29, 0.717) is 13.1 Å². The molecule has 2 N–H and O–H groups in total. The third-order valence-electron chi connectivity index (χ3n) is 3.16. The molecule has 1 atom stereocenters. The number of hydrogen-bond acceptors (Lipinski definition) is 3. The molecule has 1 saturated heterocycles. The third-order valence-corrected chi connectivity index (χ3v) is 3.16. The summed E-state index contributed by atoms with van der Waals surface area (Å²) in [5, 5.41) is 0. The van der Waals surface area contributed by atoms with Gasteiger partial charge in [-0.05, 0) is 25.0 Å². The summed E-state index contributed by atoms with van der Waals surface area (Å²) >= 11 is 0. The number of carbonyl (C=O) groups excluding carboxylic acids is 1. The van der Waals surface area contributed by atoms with Gasteiger partial charge in [-0.25, -0.2) is 4.39 Å². The van der Waals surface area contributed by atoms with Crippen molar-refractivity contribution in [3.8, 4) is 5.75 Å². The molecular formula is C13H18ClFN2O2. The van der Waals surface area contributed by atoms with Crippen LogP contribution in [0.4, 0.5) is 4.39 Å². The van der Waals surface area contributed by atoms with E-state index in [1.807, 2.05) is 0 Å². The monoisotopic (exact) mass is 288 g/mol. The first kappa shape index (κ1) is 15.7. The minimum atomic E-state index is -0.456. The topological polar surface area (TPSA) is 55.6 Å². The normalized spacial score (nSPS) is 18.0. The van der Waals surface area contributed by atoms with Crippen molar-refractivity contribution in [3.63, 3.8) is 0 Å². The number of rotatable bonds is 4. The summed E-state index contributed by atoms with van der Waals surface area (Å²) < 4.78 is 18.5. The lowest BCUT2D eigenvalue weighted by Crippen LogP contribution is -2.42. The van der Waals surface area contributed by atoms with Crippen LogP contribution < -0.4 is 10.5 Å². The molecule has 1 unspecified atom stereocenters. The smallest absolute Gasteiger partial charge is 0.260 e. The molecule has 1 aromatic rings. The van der Waals surface area contributed by atoms with Gasteiger partial charge in [0.15, 0.2) is 18.2 Å². The van der Waals surface area contributed by atoms with Crippen LogP contribution in [0.15, 0.2) is 24.3 Å². The average Bonchev–Trinajstić information content (AvgIpc) is 2.86. The number of halogens is 2. The van der Waals surface area contributed by atoms with E-state index < -0.39 is 5.82 Å². The Morgan fingerprint density at radius 2 is 2.21 bits per heavy atom. The number of hydrogen-bond donors (Lipinski definition) is 1. The van der Waals surface area contributed by atoms with Crippen LogP contribution in [-0.4, -0.2) is 36.5 Å². The lowest BCUT2D eigenvalue weighted by Gasteiger charge is -2.23. The molecule has 0 saturated carbocycles. The van der Waals surface area contributed by atoms with E-state index in [4.69, 9.17) is 10.5 Å². The number of nitrogens with zero attached hydrogens (tertiary/aromatic N) is 1. The Bertz CT molecular complexity index is 431. The van der Waals surface area contributed by atoms with Gasteiger partial charge in [0.05, 0.1) is 0 Å². The first-order chi connectivity index (χ1) is 8.72. The summed E-state index contributed by atoms with van der Waals surface area (Å²) in [4.78, 5) is 13.6. The van der Waals surface area contributed by atoms with Gasteiger partial charge in [0.2, 0.25) is 0 Å². The minimum absolute atomic E-state index is 0. The van der Waals surface area contributed by atoms with Crippen molar-refractivity contribution < 1.29 is 13.9 Å². The van der Waals surface area contributed by atoms with Gasteiger partial charge in [-0.1, -0.05) is 12.1 Å². The predicted molar refractivity (Wildman–Crippen MR) is 72.9 cm³/mol. The van der Waals surface area contributed by atoms with Gasteiger partial charge < -0.3 is 15.4 Å². The van der Waals surface area contributed by atoms with Crippen molar-refractivity contribution in [3.05, 3.63) is 30.1 Å². The van der Waals surface area contributed by atoms with Crippen LogP contribution >= 0.6 is 12.4 Å². The van der Waals surface area contributed by atoms with Crippen LogP contribution in [0.1, 0.15) is 12.8 Å². The molecule has 1 aliphatic heterocycles. The second-order valence-corrected chi connectivity index (χ2v) is 4.34. The van der Waals surface area contributed by atoms with Crippen molar-refractivity contribution >= 4 is 18.3 Å². The summed E-state index contributed by atoms with van der Waals surface area (Å²) in [6.07, 6.45) is 1.90. The Labute approximate surface area is 118 Å². The molecule has 2 rings (SSSR count). The van der Waals surface area contributed by atoms with Gasteiger partial charge >= 0.3 is 0 Å². The van der Waals surface area contributed by atoms with E-state index in [1.54, 1.807) is 17.0 Å². The number of likely N-dealkylation sites (tertiary alicyclic amines) is 1. The maximum absolute atomic E-state index is 13.3. The summed E-state index contributed by atoms with van der Waals surface area (Å²) in [5.41, 5.74) is 5.60. The van der Waals surface area contributed by atoms with E-state index in [-0.39, 0.29) is 36.7 Å². The average molecular weight is 289 g/mol. The molecule has 4 nitrogen and oxygen atoms in total. The zero-order valence-electron chi connectivity index (χ0n) is 10.5. The first-order valence-corrected chi connectivity index (χ1v) is 6.09. The third kappa shape index (κ3) is 3.81. The Morgan fingerprint density at radius 3 is 2.89 bits per heavy atom. The van der Waals surface area contributed by atoms with E-state index in [2.05, 4.69) is 0 Å². The zero-order valence-corrected chi connectivity index (χ0v) is 11.4. The second-order valence-electron chi connectivity index (χ2n) is 4.34. The fourth-order valence-corrected chi connectivity index (χ4v) is 2.19. The Balaban J connectivity index is 0.00000180. The van der Waals surface area contributed by atoms with Gasteiger partial charge in [-0.15, -0.1) is 12.4 Å². The predicted octanol–water partition coefficient (Wildman–Crippen LogP) is 1.58. The summed E-state index contributed by atoms with van der Waals surface area (Å²) in [6, 6.07) is 6.16. The molecule has 6 heteroatoms. The van der Waals surface area contributed by atoms with Crippen molar-refractivity contribution in [2.24, 2.45) is 5.73 Å². The van der Waals surface area contributed by atoms with Gasteiger partial charge in [-0.2, -0.15) is 0 Å². The molecule has 0 spiro atoms. The molecule has 0 bridgehead atoms. The molecule has 19 heavy (non-hydrogen) atoms. The lowest BCUT2D eigenvalue weighted by molar-refractivity contribution is -0.134. The van der Waals surface area contributed by atoms with Crippen LogP contribution in [0.5, 0.6) is 5.75 Å². The van der Waals surface area contributed by atoms with E-state index in [1.165, 1.54) is 12.1 Å². The summed E-state index contributed by atoms with van der Waals surface area (Å²) in [6.45, 7) is 1.03. The maximum atomic E-state index is 13.3. The molecule has 1 amide bonds. The van der Waals surface area contributed by atoms with Crippen LogP contribution in [0.3, 0.4) is 0 Å². The second kappa shape index (κ2) is 7.31. The molecular weight excluding hydrogens is 271 g/mol. The van der Waals surface area contributed by atoms with Crippen molar-refractivity contribution in [1.29, 1.82) is 0 Å². The Morgan fingerprint density at radius 1 is 1.47 bits per heavy atom. The molecule has 1 fully saturated rings. The molecule has 1 aromatic carbocycles. The van der Waals surface area contributed by atoms with Crippen LogP contribution in [-0.2, 0) is 4.79 Å². The van der Waals surface area contributed by atoms with Crippen LogP contribution in [0, 0.1) is 5.82 Å². The molecule has 106 valence electrons. The number of ether oxygens (including phenoxy) is 1. The van der Waals surface area contributed by atoms with Crippen LogP contribution in [0.2, 0.25) is 0 Å². The SMILES string of the molecule is Cl.NCC1CCCN1C(=O)COc1ccccc1F. The standard InChI is InChI=1S/C13H17FN2O2.ClH/c14-11-5-1-2-6-12(11)18-9-13(17)16-7-3-4-10(16)8-15;/h1-2,5-6,10H,3-4,7-9,15H2;1H. The molecule has 1 heterocycles. The largest absolute Gasteiger partial charge is 0.481 e. The highest BCUT2D eigenvalue weighted by Crippen LogP contribution is 2.18. The molecule has 1 aliphatic rings. The zero-order chi connectivity index (χ0) is 13.0. The number of para-hydroxylation sites is 1. The highest BCUT2D eigenvalue weighted by Gasteiger charge is 2.27.